The lowest BCUT2D eigenvalue weighted by atomic mass is 10.1. The van der Waals surface area contributed by atoms with E-state index in [0.717, 1.165) is 22.5 Å². The lowest BCUT2D eigenvalue weighted by Crippen LogP contribution is -2.36. The quantitative estimate of drug-likeness (QED) is 0.818. The van der Waals surface area contributed by atoms with Crippen molar-refractivity contribution in [3.05, 3.63) is 34.3 Å². The standard InChI is InChI=1S/C14H16BrNO/c15-12-4-1-3-11(9-12)14(17)16-8-2-5-13(16)10-6-7-10/h1,3-4,9-10,13H,2,5-8H2. The first-order chi connectivity index (χ1) is 8.25. The van der Waals surface area contributed by atoms with Gasteiger partial charge in [-0.3, -0.25) is 4.79 Å². The largest absolute Gasteiger partial charge is 0.335 e. The Labute approximate surface area is 110 Å². The molecule has 1 aromatic rings. The maximum Gasteiger partial charge on any atom is 0.254 e. The molecule has 1 atom stereocenters. The molecule has 1 saturated carbocycles. The average Bonchev–Trinajstić information content (AvgIpc) is 3.06. The number of likely N-dealkylation sites (tertiary alicyclic amines) is 1. The second-order valence-corrected chi connectivity index (χ2v) is 5.97. The van der Waals surface area contributed by atoms with E-state index < -0.39 is 0 Å². The van der Waals surface area contributed by atoms with Gasteiger partial charge in [0.05, 0.1) is 0 Å². The topological polar surface area (TPSA) is 20.3 Å². The van der Waals surface area contributed by atoms with Gasteiger partial charge in [0, 0.05) is 22.6 Å². The minimum absolute atomic E-state index is 0.209. The van der Waals surface area contributed by atoms with Crippen molar-refractivity contribution >= 4 is 21.8 Å². The lowest BCUT2D eigenvalue weighted by molar-refractivity contribution is 0.0721. The highest BCUT2D eigenvalue weighted by molar-refractivity contribution is 9.10. The Hall–Kier alpha value is -0.830. The monoisotopic (exact) mass is 293 g/mol. The van der Waals surface area contributed by atoms with E-state index in [1.54, 1.807) is 0 Å². The summed E-state index contributed by atoms with van der Waals surface area (Å²) in [6.07, 6.45) is 4.99. The molecular weight excluding hydrogens is 278 g/mol. The molecule has 2 fully saturated rings. The van der Waals surface area contributed by atoms with Gasteiger partial charge >= 0.3 is 0 Å². The van der Waals surface area contributed by atoms with E-state index in [4.69, 9.17) is 0 Å². The number of halogens is 1. The van der Waals surface area contributed by atoms with Crippen molar-refractivity contribution in [2.75, 3.05) is 6.54 Å². The third-order valence-electron chi connectivity index (χ3n) is 3.80. The summed E-state index contributed by atoms with van der Waals surface area (Å²) in [6, 6.07) is 8.24. The Morgan fingerprint density at radius 3 is 2.82 bits per heavy atom. The van der Waals surface area contributed by atoms with Crippen molar-refractivity contribution in [3.63, 3.8) is 0 Å². The molecule has 2 aliphatic rings. The zero-order chi connectivity index (χ0) is 11.8. The van der Waals surface area contributed by atoms with Crippen LogP contribution in [-0.2, 0) is 0 Å². The zero-order valence-electron chi connectivity index (χ0n) is 9.73. The molecule has 1 saturated heterocycles. The van der Waals surface area contributed by atoms with Crippen LogP contribution in [-0.4, -0.2) is 23.4 Å². The number of benzene rings is 1. The average molecular weight is 294 g/mol. The Balaban J connectivity index is 1.81. The first-order valence-corrected chi connectivity index (χ1v) is 7.11. The van der Waals surface area contributed by atoms with Crippen LogP contribution in [0.1, 0.15) is 36.0 Å². The fraction of sp³-hybridized carbons (Fsp3) is 0.500. The summed E-state index contributed by atoms with van der Waals surface area (Å²) in [5.74, 6) is 0.995. The van der Waals surface area contributed by atoms with E-state index in [-0.39, 0.29) is 5.91 Å². The van der Waals surface area contributed by atoms with Crippen LogP contribution in [0.15, 0.2) is 28.7 Å². The molecule has 3 rings (SSSR count). The van der Waals surface area contributed by atoms with Crippen LogP contribution in [0.5, 0.6) is 0 Å². The zero-order valence-corrected chi connectivity index (χ0v) is 11.3. The Kier molecular flexibility index (Phi) is 2.95. The van der Waals surface area contributed by atoms with Gasteiger partial charge < -0.3 is 4.90 Å². The summed E-state index contributed by atoms with van der Waals surface area (Å²) in [5, 5.41) is 0. The van der Waals surface area contributed by atoms with Gasteiger partial charge in [-0.25, -0.2) is 0 Å². The number of carbonyl (C=O) groups excluding carboxylic acids is 1. The molecule has 1 amide bonds. The Bertz CT molecular complexity index is 442. The Morgan fingerprint density at radius 1 is 1.29 bits per heavy atom. The SMILES string of the molecule is O=C(c1cccc(Br)c1)N1CCCC1C1CC1. The number of carbonyl (C=O) groups is 1. The molecule has 1 aliphatic carbocycles. The summed E-state index contributed by atoms with van der Waals surface area (Å²) in [7, 11) is 0. The van der Waals surface area contributed by atoms with Crippen molar-refractivity contribution in [1.82, 2.24) is 4.90 Å². The minimum Gasteiger partial charge on any atom is -0.335 e. The third kappa shape index (κ3) is 2.25. The molecule has 3 heteroatoms. The van der Waals surface area contributed by atoms with Crippen molar-refractivity contribution in [1.29, 1.82) is 0 Å². The van der Waals surface area contributed by atoms with E-state index >= 15 is 0 Å². The van der Waals surface area contributed by atoms with E-state index in [9.17, 15) is 4.79 Å². The number of nitrogens with zero attached hydrogens (tertiary/aromatic N) is 1. The minimum atomic E-state index is 0.209. The highest BCUT2D eigenvalue weighted by Crippen LogP contribution is 2.40. The van der Waals surface area contributed by atoms with Crippen LogP contribution < -0.4 is 0 Å². The maximum atomic E-state index is 12.4. The summed E-state index contributed by atoms with van der Waals surface area (Å²) < 4.78 is 0.977. The molecule has 0 bridgehead atoms. The first-order valence-electron chi connectivity index (χ1n) is 6.32. The van der Waals surface area contributed by atoms with Gasteiger partial charge in [-0.15, -0.1) is 0 Å². The number of hydrogen-bond acceptors (Lipinski definition) is 1. The molecule has 1 aromatic carbocycles. The summed E-state index contributed by atoms with van der Waals surface area (Å²) >= 11 is 3.42. The van der Waals surface area contributed by atoms with E-state index in [2.05, 4.69) is 20.8 Å². The van der Waals surface area contributed by atoms with Crippen molar-refractivity contribution in [2.45, 2.75) is 31.7 Å². The maximum absolute atomic E-state index is 12.4. The molecule has 90 valence electrons. The van der Waals surface area contributed by atoms with Gasteiger partial charge in [-0.1, -0.05) is 22.0 Å². The van der Waals surface area contributed by atoms with Crippen molar-refractivity contribution in [2.24, 2.45) is 5.92 Å². The van der Waals surface area contributed by atoms with Crippen LogP contribution in [0.3, 0.4) is 0 Å². The summed E-state index contributed by atoms with van der Waals surface area (Å²) in [6.45, 7) is 0.937. The molecule has 0 radical (unpaired) electrons. The number of hydrogen-bond donors (Lipinski definition) is 0. The molecule has 0 spiro atoms. The molecule has 0 aromatic heterocycles. The second kappa shape index (κ2) is 4.45. The smallest absolute Gasteiger partial charge is 0.254 e. The second-order valence-electron chi connectivity index (χ2n) is 5.06. The molecule has 2 nitrogen and oxygen atoms in total. The van der Waals surface area contributed by atoms with Crippen molar-refractivity contribution < 1.29 is 4.79 Å². The predicted octanol–water partition coefficient (Wildman–Crippen LogP) is 3.46. The molecular formula is C14H16BrNO. The van der Waals surface area contributed by atoms with Crippen LogP contribution >= 0.6 is 15.9 Å². The highest BCUT2D eigenvalue weighted by Gasteiger charge is 2.40. The predicted molar refractivity (Wildman–Crippen MR) is 70.9 cm³/mol. The van der Waals surface area contributed by atoms with Gasteiger partial charge in [0.25, 0.3) is 5.91 Å². The van der Waals surface area contributed by atoms with Gasteiger partial charge in [0.15, 0.2) is 0 Å². The fourth-order valence-electron chi connectivity index (χ4n) is 2.80. The van der Waals surface area contributed by atoms with E-state index in [1.807, 2.05) is 24.3 Å². The molecule has 1 heterocycles. The van der Waals surface area contributed by atoms with Gasteiger partial charge in [-0.05, 0) is 49.8 Å². The van der Waals surface area contributed by atoms with Crippen LogP contribution in [0.2, 0.25) is 0 Å². The number of amides is 1. The number of rotatable bonds is 2. The molecule has 1 aliphatic heterocycles. The molecule has 17 heavy (non-hydrogen) atoms. The fourth-order valence-corrected chi connectivity index (χ4v) is 3.20. The van der Waals surface area contributed by atoms with Gasteiger partial charge in [-0.2, -0.15) is 0 Å². The van der Waals surface area contributed by atoms with Crippen LogP contribution in [0.4, 0.5) is 0 Å². The first kappa shape index (κ1) is 11.3. The van der Waals surface area contributed by atoms with Crippen molar-refractivity contribution in [3.8, 4) is 0 Å². The molecule has 1 unspecified atom stereocenters. The van der Waals surface area contributed by atoms with E-state index in [1.165, 1.54) is 25.7 Å². The summed E-state index contributed by atoms with van der Waals surface area (Å²) in [5.41, 5.74) is 0.812. The Morgan fingerprint density at radius 2 is 2.12 bits per heavy atom. The van der Waals surface area contributed by atoms with Gasteiger partial charge in [0.2, 0.25) is 0 Å². The van der Waals surface area contributed by atoms with E-state index in [0.29, 0.717) is 6.04 Å². The third-order valence-corrected chi connectivity index (χ3v) is 4.29. The van der Waals surface area contributed by atoms with Crippen LogP contribution in [0.25, 0.3) is 0 Å². The lowest BCUT2D eigenvalue weighted by Gasteiger charge is -2.24. The highest BCUT2D eigenvalue weighted by atomic mass is 79.9. The van der Waals surface area contributed by atoms with Gasteiger partial charge in [0.1, 0.15) is 0 Å². The van der Waals surface area contributed by atoms with Crippen LogP contribution in [0, 0.1) is 5.92 Å². The summed E-state index contributed by atoms with van der Waals surface area (Å²) in [4.78, 5) is 14.5. The normalized spacial score (nSPS) is 24.1. The molecule has 0 N–H and O–H groups in total.